The van der Waals surface area contributed by atoms with Crippen LogP contribution in [0.15, 0.2) is 16.7 Å². The zero-order valence-electron chi connectivity index (χ0n) is 12.1. The third kappa shape index (κ3) is 2.87. The maximum atomic E-state index is 12.6. The zero-order chi connectivity index (χ0) is 14.2. The highest BCUT2D eigenvalue weighted by Gasteiger charge is 2.34. The lowest BCUT2D eigenvalue weighted by atomic mass is 10.1. The molecule has 106 valence electrons. The largest absolute Gasteiger partial charge is 0.343 e. The molecule has 1 aromatic rings. The summed E-state index contributed by atoms with van der Waals surface area (Å²) in [6.07, 6.45) is 1.97. The molecule has 2 rings (SSSR count). The van der Waals surface area contributed by atoms with Gasteiger partial charge < -0.3 is 14.4 Å². The molecule has 4 nitrogen and oxygen atoms in total. The summed E-state index contributed by atoms with van der Waals surface area (Å²) in [6.45, 7) is 6.74. The number of carbonyl (C=O) groups excluding carboxylic acids is 1. The van der Waals surface area contributed by atoms with Crippen molar-refractivity contribution in [1.29, 1.82) is 0 Å². The van der Waals surface area contributed by atoms with E-state index in [4.69, 9.17) is 0 Å². The standard InChI is InChI=1S/C14H22BrN3O/c1-5-17-8-11(15)6-12(17)14(19)18-7-10(2)13(9-18)16(3)4/h6,8,10,13H,5,7,9H2,1-4H3/t10-,13+/m0/s1. The minimum absolute atomic E-state index is 0.142. The van der Waals surface area contributed by atoms with Gasteiger partial charge in [0.05, 0.1) is 0 Å². The van der Waals surface area contributed by atoms with Crippen LogP contribution in [0, 0.1) is 5.92 Å². The Kier molecular flexibility index (Phi) is 4.36. The van der Waals surface area contributed by atoms with Gasteiger partial charge in [-0.25, -0.2) is 0 Å². The second-order valence-corrected chi connectivity index (χ2v) is 6.46. The van der Waals surface area contributed by atoms with Crippen molar-refractivity contribution in [1.82, 2.24) is 14.4 Å². The van der Waals surface area contributed by atoms with Gasteiger partial charge in [-0.3, -0.25) is 4.79 Å². The van der Waals surface area contributed by atoms with Crippen molar-refractivity contribution in [3.63, 3.8) is 0 Å². The van der Waals surface area contributed by atoms with Crippen molar-refractivity contribution in [2.24, 2.45) is 5.92 Å². The van der Waals surface area contributed by atoms with Crippen LogP contribution >= 0.6 is 15.9 Å². The van der Waals surface area contributed by atoms with E-state index in [9.17, 15) is 4.79 Å². The second kappa shape index (κ2) is 5.67. The lowest BCUT2D eigenvalue weighted by molar-refractivity contribution is 0.0771. The summed E-state index contributed by atoms with van der Waals surface area (Å²) in [5.41, 5.74) is 0.779. The molecule has 0 unspecified atom stereocenters. The third-order valence-corrected chi connectivity index (χ3v) is 4.38. The molecule has 0 bridgehead atoms. The predicted molar refractivity (Wildman–Crippen MR) is 80.3 cm³/mol. The van der Waals surface area contributed by atoms with E-state index in [0.717, 1.165) is 29.8 Å². The summed E-state index contributed by atoms with van der Waals surface area (Å²) in [4.78, 5) is 16.8. The average molecular weight is 328 g/mol. The summed E-state index contributed by atoms with van der Waals surface area (Å²) >= 11 is 3.45. The molecule has 19 heavy (non-hydrogen) atoms. The number of nitrogens with zero attached hydrogens (tertiary/aromatic N) is 3. The van der Waals surface area contributed by atoms with Gasteiger partial charge in [0.15, 0.2) is 0 Å². The highest BCUT2D eigenvalue weighted by molar-refractivity contribution is 9.10. The van der Waals surface area contributed by atoms with Crippen molar-refractivity contribution < 1.29 is 4.79 Å². The maximum Gasteiger partial charge on any atom is 0.270 e. The topological polar surface area (TPSA) is 28.5 Å². The van der Waals surface area contributed by atoms with E-state index >= 15 is 0 Å². The molecule has 0 spiro atoms. The number of likely N-dealkylation sites (tertiary alicyclic amines) is 1. The van der Waals surface area contributed by atoms with Crippen LogP contribution in [0.2, 0.25) is 0 Å². The van der Waals surface area contributed by atoms with Crippen LogP contribution in [-0.4, -0.2) is 53.5 Å². The zero-order valence-corrected chi connectivity index (χ0v) is 13.6. The normalized spacial score (nSPS) is 23.4. The van der Waals surface area contributed by atoms with Gasteiger partial charge in [-0.05, 0) is 48.9 Å². The summed E-state index contributed by atoms with van der Waals surface area (Å²) in [5.74, 6) is 0.663. The number of amides is 1. The lowest BCUT2D eigenvalue weighted by Crippen LogP contribution is -2.36. The monoisotopic (exact) mass is 327 g/mol. The van der Waals surface area contributed by atoms with Crippen LogP contribution in [-0.2, 0) is 6.54 Å². The van der Waals surface area contributed by atoms with Crippen LogP contribution in [0.5, 0.6) is 0 Å². The van der Waals surface area contributed by atoms with Gasteiger partial charge in [0, 0.05) is 36.3 Å². The summed E-state index contributed by atoms with van der Waals surface area (Å²) in [5, 5.41) is 0. The van der Waals surface area contributed by atoms with Crippen LogP contribution in [0.25, 0.3) is 0 Å². The van der Waals surface area contributed by atoms with Crippen LogP contribution in [0.1, 0.15) is 24.3 Å². The fourth-order valence-electron chi connectivity index (χ4n) is 2.87. The molecule has 2 heterocycles. The lowest BCUT2D eigenvalue weighted by Gasteiger charge is -2.22. The number of carbonyl (C=O) groups is 1. The first-order valence-corrected chi connectivity index (χ1v) is 7.54. The number of hydrogen-bond acceptors (Lipinski definition) is 2. The number of halogens is 1. The van der Waals surface area contributed by atoms with Crippen molar-refractivity contribution in [2.75, 3.05) is 27.2 Å². The van der Waals surface area contributed by atoms with Gasteiger partial charge in [-0.1, -0.05) is 6.92 Å². The number of aryl methyl sites for hydroxylation is 1. The highest BCUT2D eigenvalue weighted by Crippen LogP contribution is 2.23. The molecular weight excluding hydrogens is 306 g/mol. The van der Waals surface area contributed by atoms with Gasteiger partial charge in [0.2, 0.25) is 0 Å². The molecule has 0 N–H and O–H groups in total. The molecule has 0 radical (unpaired) electrons. The molecule has 5 heteroatoms. The van der Waals surface area contributed by atoms with Crippen LogP contribution < -0.4 is 0 Å². The van der Waals surface area contributed by atoms with E-state index in [2.05, 4.69) is 48.8 Å². The Balaban J connectivity index is 2.17. The van der Waals surface area contributed by atoms with Gasteiger partial charge in [-0.2, -0.15) is 0 Å². The molecule has 0 aromatic carbocycles. The predicted octanol–water partition coefficient (Wildman–Crippen LogP) is 2.29. The molecule has 0 saturated carbocycles. The summed E-state index contributed by atoms with van der Waals surface area (Å²) in [6, 6.07) is 2.37. The summed E-state index contributed by atoms with van der Waals surface area (Å²) in [7, 11) is 4.17. The summed E-state index contributed by atoms with van der Waals surface area (Å²) < 4.78 is 2.97. The Labute approximate surface area is 123 Å². The molecule has 1 fully saturated rings. The Hall–Kier alpha value is -0.810. The molecule has 2 atom stereocenters. The molecule has 1 aliphatic heterocycles. The van der Waals surface area contributed by atoms with E-state index in [-0.39, 0.29) is 5.91 Å². The molecule has 1 aromatic heterocycles. The fourth-order valence-corrected chi connectivity index (χ4v) is 3.33. The minimum Gasteiger partial charge on any atom is -0.343 e. The maximum absolute atomic E-state index is 12.6. The highest BCUT2D eigenvalue weighted by atomic mass is 79.9. The first kappa shape index (κ1) is 14.6. The van der Waals surface area contributed by atoms with E-state index in [1.54, 1.807) is 0 Å². The Morgan fingerprint density at radius 3 is 2.68 bits per heavy atom. The number of rotatable bonds is 3. The molecule has 0 aliphatic carbocycles. The van der Waals surface area contributed by atoms with E-state index < -0.39 is 0 Å². The average Bonchev–Trinajstić information content (AvgIpc) is 2.91. The van der Waals surface area contributed by atoms with Crippen LogP contribution in [0.3, 0.4) is 0 Å². The molecule has 1 saturated heterocycles. The van der Waals surface area contributed by atoms with Crippen molar-refractivity contribution in [3.8, 4) is 0 Å². The first-order chi connectivity index (χ1) is 8.93. The third-order valence-electron chi connectivity index (χ3n) is 3.95. The SMILES string of the molecule is CCn1cc(Br)cc1C(=O)N1C[C@@H](N(C)C)[C@@H](C)C1. The van der Waals surface area contributed by atoms with Gasteiger partial charge in [0.1, 0.15) is 5.69 Å². The first-order valence-electron chi connectivity index (χ1n) is 6.75. The van der Waals surface area contributed by atoms with E-state index in [0.29, 0.717) is 12.0 Å². The van der Waals surface area contributed by atoms with E-state index in [1.807, 2.05) is 21.7 Å². The van der Waals surface area contributed by atoms with Crippen molar-refractivity contribution in [3.05, 3.63) is 22.4 Å². The molecule has 1 amide bonds. The molecule has 1 aliphatic rings. The number of hydrogen-bond donors (Lipinski definition) is 0. The Morgan fingerprint density at radius 1 is 1.47 bits per heavy atom. The minimum atomic E-state index is 0.142. The smallest absolute Gasteiger partial charge is 0.270 e. The molecular formula is C14H22BrN3O. The quantitative estimate of drug-likeness (QED) is 0.852. The van der Waals surface area contributed by atoms with Crippen molar-refractivity contribution in [2.45, 2.75) is 26.4 Å². The second-order valence-electron chi connectivity index (χ2n) is 5.55. The van der Waals surface area contributed by atoms with Gasteiger partial charge in [-0.15, -0.1) is 0 Å². The van der Waals surface area contributed by atoms with Crippen LogP contribution in [0.4, 0.5) is 0 Å². The van der Waals surface area contributed by atoms with Crippen molar-refractivity contribution >= 4 is 21.8 Å². The van der Waals surface area contributed by atoms with Gasteiger partial charge in [0.25, 0.3) is 5.91 Å². The fraction of sp³-hybridized carbons (Fsp3) is 0.643. The Morgan fingerprint density at radius 2 is 2.16 bits per heavy atom. The Bertz CT molecular complexity index is 469. The van der Waals surface area contributed by atoms with Gasteiger partial charge >= 0.3 is 0 Å². The van der Waals surface area contributed by atoms with E-state index in [1.165, 1.54) is 0 Å². The number of aromatic nitrogens is 1. The number of likely N-dealkylation sites (N-methyl/N-ethyl adjacent to an activating group) is 1.